The summed E-state index contributed by atoms with van der Waals surface area (Å²) in [5.41, 5.74) is 1.21. The highest BCUT2D eigenvalue weighted by molar-refractivity contribution is 6.30. The molecule has 3 atom stereocenters. The molecule has 3 fully saturated rings. The van der Waals surface area contributed by atoms with Gasteiger partial charge < -0.3 is 24.4 Å². The van der Waals surface area contributed by atoms with E-state index in [1.165, 1.54) is 5.56 Å². The van der Waals surface area contributed by atoms with Gasteiger partial charge in [0, 0.05) is 51.4 Å². The highest BCUT2D eigenvalue weighted by Gasteiger charge is 2.32. The molecular weight excluding hydrogens is 404 g/mol. The van der Waals surface area contributed by atoms with Crippen LogP contribution in [-0.2, 0) is 14.2 Å². The predicted molar refractivity (Wildman–Crippen MR) is 118 cm³/mol. The van der Waals surface area contributed by atoms with Gasteiger partial charge >= 0.3 is 0 Å². The topological polar surface area (TPSA) is 58.6 Å². The van der Waals surface area contributed by atoms with Gasteiger partial charge in [0.05, 0.1) is 32.0 Å². The van der Waals surface area contributed by atoms with Crippen molar-refractivity contribution in [3.8, 4) is 0 Å². The molecule has 1 aromatic carbocycles. The quantitative estimate of drug-likeness (QED) is 0.564. The summed E-state index contributed by atoms with van der Waals surface area (Å²) in [6.07, 6.45) is 2.53. The third-order valence-electron chi connectivity index (χ3n) is 6.16. The predicted octanol–water partition coefficient (Wildman–Crippen LogP) is 2.17. The van der Waals surface area contributed by atoms with E-state index < -0.39 is 0 Å². The smallest absolute Gasteiger partial charge is 0.193 e. The molecule has 0 aliphatic carbocycles. The molecule has 7 nitrogen and oxygen atoms in total. The largest absolute Gasteiger partial charge is 0.379 e. The van der Waals surface area contributed by atoms with Crippen molar-refractivity contribution in [1.29, 1.82) is 0 Å². The number of ether oxygens (including phenoxy) is 3. The van der Waals surface area contributed by atoms with Crippen LogP contribution < -0.4 is 5.32 Å². The third kappa shape index (κ3) is 5.45. The molecular formula is C22H33ClN4O3. The fourth-order valence-electron chi connectivity index (χ4n) is 4.57. The van der Waals surface area contributed by atoms with E-state index in [0.29, 0.717) is 6.61 Å². The van der Waals surface area contributed by atoms with Crippen molar-refractivity contribution < 1.29 is 14.2 Å². The number of hydrogen-bond acceptors (Lipinski definition) is 5. The van der Waals surface area contributed by atoms with Crippen LogP contribution in [0.3, 0.4) is 0 Å². The average Bonchev–Trinajstić information content (AvgIpc) is 3.33. The molecule has 0 bridgehead atoms. The highest BCUT2D eigenvalue weighted by atomic mass is 35.5. The highest BCUT2D eigenvalue weighted by Crippen LogP contribution is 2.25. The van der Waals surface area contributed by atoms with Crippen molar-refractivity contribution >= 4 is 17.6 Å². The molecule has 3 aliphatic rings. The van der Waals surface area contributed by atoms with E-state index >= 15 is 0 Å². The molecule has 3 unspecified atom stereocenters. The lowest BCUT2D eigenvalue weighted by Crippen LogP contribution is -2.54. The molecule has 0 saturated carbocycles. The Hall–Kier alpha value is -1.38. The van der Waals surface area contributed by atoms with Gasteiger partial charge in [0.15, 0.2) is 5.96 Å². The first-order valence-corrected chi connectivity index (χ1v) is 11.4. The molecule has 0 radical (unpaired) electrons. The molecule has 0 aromatic heterocycles. The number of benzene rings is 1. The Morgan fingerprint density at radius 1 is 1.17 bits per heavy atom. The maximum Gasteiger partial charge on any atom is 0.193 e. The molecule has 4 rings (SSSR count). The number of hydrogen-bond donors (Lipinski definition) is 1. The van der Waals surface area contributed by atoms with Crippen LogP contribution in [0.15, 0.2) is 29.3 Å². The summed E-state index contributed by atoms with van der Waals surface area (Å²) >= 11 is 6.30. The van der Waals surface area contributed by atoms with Crippen LogP contribution in [0.5, 0.6) is 0 Å². The first kappa shape index (κ1) is 21.8. The first-order valence-electron chi connectivity index (χ1n) is 11.0. The van der Waals surface area contributed by atoms with E-state index in [-0.39, 0.29) is 18.2 Å². The van der Waals surface area contributed by atoms with E-state index in [1.807, 2.05) is 19.2 Å². The lowest BCUT2D eigenvalue weighted by Gasteiger charge is -2.39. The Morgan fingerprint density at radius 3 is 2.73 bits per heavy atom. The Bertz CT molecular complexity index is 707. The Balaban J connectivity index is 1.42. The number of halogens is 1. The number of nitrogens with zero attached hydrogens (tertiary/aromatic N) is 3. The van der Waals surface area contributed by atoms with Crippen LogP contribution in [0, 0.1) is 0 Å². The molecule has 0 amide bonds. The fraction of sp³-hybridized carbons (Fsp3) is 0.682. The fourth-order valence-corrected chi connectivity index (χ4v) is 4.77. The third-order valence-corrected chi connectivity index (χ3v) is 6.39. The number of morpholine rings is 2. The van der Waals surface area contributed by atoms with Gasteiger partial charge in [-0.3, -0.25) is 9.89 Å². The number of nitrogens with one attached hydrogen (secondary N) is 1. The van der Waals surface area contributed by atoms with Crippen molar-refractivity contribution in [3.05, 3.63) is 34.9 Å². The summed E-state index contributed by atoms with van der Waals surface area (Å²) in [4.78, 5) is 9.32. The second kappa shape index (κ2) is 10.8. The normalized spacial score (nSPS) is 27.3. The molecule has 0 spiro atoms. The zero-order valence-corrected chi connectivity index (χ0v) is 18.5. The number of guanidine groups is 1. The lowest BCUT2D eigenvalue weighted by atomic mass is 10.0. The second-order valence-electron chi connectivity index (χ2n) is 8.05. The van der Waals surface area contributed by atoms with Crippen molar-refractivity contribution in [2.75, 3.05) is 66.2 Å². The SMILES string of the molecule is CN=C(NCC(c1cccc(Cl)c1)N1CCOCC1)N1CCOC(C2CCCO2)C1. The number of aliphatic imine (C=N–C) groups is 1. The van der Waals surface area contributed by atoms with Crippen LogP contribution in [0.25, 0.3) is 0 Å². The maximum atomic E-state index is 6.30. The summed E-state index contributed by atoms with van der Waals surface area (Å²) in [5.74, 6) is 0.918. The van der Waals surface area contributed by atoms with Crippen molar-refractivity contribution in [2.45, 2.75) is 31.1 Å². The molecule has 1 aromatic rings. The van der Waals surface area contributed by atoms with Crippen molar-refractivity contribution in [2.24, 2.45) is 4.99 Å². The summed E-state index contributed by atoms with van der Waals surface area (Å²) in [7, 11) is 1.85. The van der Waals surface area contributed by atoms with Gasteiger partial charge in [-0.2, -0.15) is 0 Å². The molecule has 8 heteroatoms. The summed E-state index contributed by atoms with van der Waals surface area (Å²) in [6.45, 7) is 7.30. The van der Waals surface area contributed by atoms with Crippen LogP contribution in [0.1, 0.15) is 24.4 Å². The van der Waals surface area contributed by atoms with Gasteiger partial charge in [-0.05, 0) is 30.5 Å². The average molecular weight is 437 g/mol. The molecule has 3 aliphatic heterocycles. The molecule has 3 saturated heterocycles. The van der Waals surface area contributed by atoms with Crippen LogP contribution in [0.4, 0.5) is 0 Å². The van der Waals surface area contributed by atoms with Crippen molar-refractivity contribution in [1.82, 2.24) is 15.1 Å². The minimum atomic E-state index is 0.114. The standard InChI is InChI=1S/C22H33ClN4O3/c1-24-22(27-9-13-30-21(16-27)20-6-3-10-29-20)25-15-19(26-7-11-28-12-8-26)17-4-2-5-18(23)14-17/h2,4-5,14,19-21H,3,6-13,15-16H2,1H3,(H,24,25). The van der Waals surface area contributed by atoms with Crippen molar-refractivity contribution in [3.63, 3.8) is 0 Å². The van der Waals surface area contributed by atoms with Gasteiger partial charge in [0.2, 0.25) is 0 Å². The van der Waals surface area contributed by atoms with E-state index in [1.54, 1.807) is 0 Å². The van der Waals surface area contributed by atoms with E-state index in [2.05, 4.69) is 32.2 Å². The Morgan fingerprint density at radius 2 is 2.00 bits per heavy atom. The van der Waals surface area contributed by atoms with E-state index in [9.17, 15) is 0 Å². The number of rotatable bonds is 5. The van der Waals surface area contributed by atoms with Gasteiger partial charge in [0.1, 0.15) is 6.10 Å². The van der Waals surface area contributed by atoms with Gasteiger partial charge in [-0.25, -0.2) is 0 Å². The van der Waals surface area contributed by atoms with Gasteiger partial charge in [-0.15, -0.1) is 0 Å². The van der Waals surface area contributed by atoms with E-state index in [0.717, 1.165) is 76.4 Å². The molecule has 1 N–H and O–H groups in total. The van der Waals surface area contributed by atoms with E-state index in [4.69, 9.17) is 25.8 Å². The summed E-state index contributed by atoms with van der Waals surface area (Å²) in [6, 6.07) is 8.37. The maximum absolute atomic E-state index is 6.30. The Labute approximate surface area is 184 Å². The zero-order chi connectivity index (χ0) is 20.8. The zero-order valence-electron chi connectivity index (χ0n) is 17.8. The van der Waals surface area contributed by atoms with Gasteiger partial charge in [-0.1, -0.05) is 23.7 Å². The van der Waals surface area contributed by atoms with Crippen LogP contribution in [-0.4, -0.2) is 94.2 Å². The molecule has 166 valence electrons. The monoisotopic (exact) mass is 436 g/mol. The molecule has 3 heterocycles. The first-order chi connectivity index (χ1) is 14.7. The summed E-state index contributed by atoms with van der Waals surface area (Å²) in [5, 5.41) is 4.39. The van der Waals surface area contributed by atoms with Gasteiger partial charge in [0.25, 0.3) is 0 Å². The lowest BCUT2D eigenvalue weighted by molar-refractivity contribution is -0.0817. The Kier molecular flexibility index (Phi) is 7.84. The summed E-state index contributed by atoms with van der Waals surface area (Å²) < 4.78 is 17.4. The second-order valence-corrected chi connectivity index (χ2v) is 8.49. The minimum absolute atomic E-state index is 0.114. The van der Waals surface area contributed by atoms with Crippen LogP contribution in [0.2, 0.25) is 5.02 Å². The molecule has 30 heavy (non-hydrogen) atoms. The van der Waals surface area contributed by atoms with Crippen LogP contribution >= 0.6 is 11.6 Å². The minimum Gasteiger partial charge on any atom is -0.379 e.